The number of ether oxygens (including phenoxy) is 1. The fourth-order valence-corrected chi connectivity index (χ4v) is 2.68. The number of hydrogen-bond acceptors (Lipinski definition) is 6. The van der Waals surface area contributed by atoms with Crippen molar-refractivity contribution in [2.75, 3.05) is 12.4 Å². The second-order valence-corrected chi connectivity index (χ2v) is 5.62. The molecule has 0 amide bonds. The van der Waals surface area contributed by atoms with Crippen LogP contribution in [-0.2, 0) is 0 Å². The highest BCUT2D eigenvalue weighted by atomic mass is 16.5. The molecule has 4 rings (SSSR count). The standard InChI is InChI=1S/C19H16N4O2/c1-12-7-9-13(10-8-12)22-18-16-17(23-25-19(16)21-11-20-18)14-5-3-4-6-15(14)24-2/h3-11H,1-2H3,(H,20,21,22). The van der Waals surface area contributed by atoms with Gasteiger partial charge >= 0.3 is 0 Å². The molecule has 124 valence electrons. The molecule has 6 heteroatoms. The van der Waals surface area contributed by atoms with Crippen molar-refractivity contribution in [2.24, 2.45) is 0 Å². The van der Waals surface area contributed by atoms with Gasteiger partial charge in [-0.1, -0.05) is 35.0 Å². The van der Waals surface area contributed by atoms with Gasteiger partial charge in [-0.3, -0.25) is 0 Å². The Morgan fingerprint density at radius 1 is 1.00 bits per heavy atom. The summed E-state index contributed by atoms with van der Waals surface area (Å²) in [5.41, 5.74) is 4.01. The van der Waals surface area contributed by atoms with Gasteiger partial charge in [-0.25, -0.2) is 4.98 Å². The molecule has 0 saturated carbocycles. The fraction of sp³-hybridized carbons (Fsp3) is 0.105. The molecule has 2 aromatic heterocycles. The van der Waals surface area contributed by atoms with Gasteiger partial charge in [0.1, 0.15) is 29.0 Å². The molecular formula is C19H16N4O2. The summed E-state index contributed by atoms with van der Waals surface area (Å²) in [4.78, 5) is 8.55. The molecule has 0 spiro atoms. The fourth-order valence-electron chi connectivity index (χ4n) is 2.68. The molecule has 0 aliphatic rings. The minimum Gasteiger partial charge on any atom is -0.496 e. The van der Waals surface area contributed by atoms with Gasteiger partial charge in [0, 0.05) is 11.3 Å². The number of methoxy groups -OCH3 is 1. The molecule has 0 aliphatic heterocycles. The van der Waals surface area contributed by atoms with E-state index in [9.17, 15) is 0 Å². The normalized spacial score (nSPS) is 10.8. The number of aryl methyl sites for hydroxylation is 1. The molecule has 1 N–H and O–H groups in total. The SMILES string of the molecule is COc1ccccc1-c1noc2ncnc(Nc3ccc(C)cc3)c12. The molecular weight excluding hydrogens is 316 g/mol. The number of rotatable bonds is 4. The van der Waals surface area contributed by atoms with E-state index in [4.69, 9.17) is 9.26 Å². The number of hydrogen-bond donors (Lipinski definition) is 1. The smallest absolute Gasteiger partial charge is 0.263 e. The monoisotopic (exact) mass is 332 g/mol. The maximum atomic E-state index is 5.45. The van der Waals surface area contributed by atoms with Crippen molar-refractivity contribution in [3.63, 3.8) is 0 Å². The van der Waals surface area contributed by atoms with E-state index in [-0.39, 0.29) is 0 Å². The lowest BCUT2D eigenvalue weighted by molar-refractivity contribution is 0.414. The van der Waals surface area contributed by atoms with E-state index < -0.39 is 0 Å². The topological polar surface area (TPSA) is 73.1 Å². The van der Waals surface area contributed by atoms with Crippen LogP contribution in [0, 0.1) is 6.92 Å². The highest BCUT2D eigenvalue weighted by Crippen LogP contribution is 2.36. The third-order valence-corrected chi connectivity index (χ3v) is 3.95. The molecule has 0 aliphatic carbocycles. The molecule has 0 fully saturated rings. The maximum Gasteiger partial charge on any atom is 0.263 e. The average Bonchev–Trinajstić information content (AvgIpc) is 3.08. The van der Waals surface area contributed by atoms with Crippen molar-refractivity contribution in [1.82, 2.24) is 15.1 Å². The average molecular weight is 332 g/mol. The number of nitrogens with zero attached hydrogens (tertiary/aromatic N) is 3. The van der Waals surface area contributed by atoms with Gasteiger partial charge in [0.15, 0.2) is 0 Å². The van der Waals surface area contributed by atoms with Crippen molar-refractivity contribution in [3.8, 4) is 17.0 Å². The summed E-state index contributed by atoms with van der Waals surface area (Å²) in [5, 5.41) is 8.22. The van der Waals surface area contributed by atoms with E-state index in [1.54, 1.807) is 7.11 Å². The van der Waals surface area contributed by atoms with Gasteiger partial charge in [-0.15, -0.1) is 0 Å². The van der Waals surface area contributed by atoms with Crippen LogP contribution in [0.5, 0.6) is 5.75 Å². The Morgan fingerprint density at radius 2 is 1.80 bits per heavy atom. The van der Waals surface area contributed by atoms with Gasteiger partial charge in [-0.2, -0.15) is 4.98 Å². The third kappa shape index (κ3) is 2.78. The highest BCUT2D eigenvalue weighted by Gasteiger charge is 2.19. The molecule has 6 nitrogen and oxygen atoms in total. The highest BCUT2D eigenvalue weighted by molar-refractivity contribution is 5.99. The zero-order valence-corrected chi connectivity index (χ0v) is 13.9. The van der Waals surface area contributed by atoms with Gasteiger partial charge in [0.25, 0.3) is 5.71 Å². The van der Waals surface area contributed by atoms with Crippen molar-refractivity contribution in [1.29, 1.82) is 0 Å². The number of nitrogens with one attached hydrogen (secondary N) is 1. The van der Waals surface area contributed by atoms with E-state index in [2.05, 4.69) is 20.4 Å². The molecule has 0 radical (unpaired) electrons. The van der Waals surface area contributed by atoms with Crippen LogP contribution in [0.2, 0.25) is 0 Å². The zero-order valence-electron chi connectivity index (χ0n) is 13.9. The lowest BCUT2D eigenvalue weighted by atomic mass is 10.1. The van der Waals surface area contributed by atoms with Crippen LogP contribution in [-0.4, -0.2) is 22.2 Å². The molecule has 2 heterocycles. The Morgan fingerprint density at radius 3 is 2.60 bits per heavy atom. The van der Waals surface area contributed by atoms with Crippen molar-refractivity contribution < 1.29 is 9.26 Å². The largest absolute Gasteiger partial charge is 0.496 e. The predicted octanol–water partition coefficient (Wildman–Crippen LogP) is 4.35. The summed E-state index contributed by atoms with van der Waals surface area (Å²) < 4.78 is 10.9. The maximum absolute atomic E-state index is 5.45. The summed E-state index contributed by atoms with van der Waals surface area (Å²) >= 11 is 0. The lowest BCUT2D eigenvalue weighted by Gasteiger charge is -2.08. The minimum atomic E-state index is 0.422. The number of aromatic nitrogens is 3. The first-order valence-electron chi connectivity index (χ1n) is 7.84. The first-order valence-corrected chi connectivity index (χ1v) is 7.84. The number of para-hydroxylation sites is 1. The lowest BCUT2D eigenvalue weighted by Crippen LogP contribution is -1.96. The van der Waals surface area contributed by atoms with E-state index >= 15 is 0 Å². The summed E-state index contributed by atoms with van der Waals surface area (Å²) in [6.07, 6.45) is 1.45. The van der Waals surface area contributed by atoms with Crippen molar-refractivity contribution in [3.05, 3.63) is 60.4 Å². The van der Waals surface area contributed by atoms with Crippen LogP contribution >= 0.6 is 0 Å². The zero-order chi connectivity index (χ0) is 17.2. The number of fused-ring (bicyclic) bond motifs is 1. The summed E-state index contributed by atoms with van der Waals surface area (Å²) in [6, 6.07) is 15.7. The van der Waals surface area contributed by atoms with Crippen LogP contribution in [0.1, 0.15) is 5.56 Å². The Bertz CT molecular complexity index is 1030. The van der Waals surface area contributed by atoms with Crippen LogP contribution in [0.3, 0.4) is 0 Å². The molecule has 0 unspecified atom stereocenters. The van der Waals surface area contributed by atoms with Crippen LogP contribution < -0.4 is 10.1 Å². The third-order valence-electron chi connectivity index (χ3n) is 3.95. The summed E-state index contributed by atoms with van der Waals surface area (Å²) in [7, 11) is 1.63. The molecule has 25 heavy (non-hydrogen) atoms. The minimum absolute atomic E-state index is 0.422. The molecule has 0 bridgehead atoms. The van der Waals surface area contributed by atoms with Gasteiger partial charge < -0.3 is 14.6 Å². The molecule has 0 saturated heterocycles. The number of benzene rings is 2. The quantitative estimate of drug-likeness (QED) is 0.599. The second-order valence-electron chi connectivity index (χ2n) is 5.62. The van der Waals surface area contributed by atoms with E-state index in [0.29, 0.717) is 28.4 Å². The van der Waals surface area contributed by atoms with Crippen LogP contribution in [0.25, 0.3) is 22.4 Å². The van der Waals surface area contributed by atoms with Crippen LogP contribution in [0.15, 0.2) is 59.4 Å². The van der Waals surface area contributed by atoms with E-state index in [1.165, 1.54) is 11.9 Å². The molecule has 4 aromatic rings. The molecule has 2 aromatic carbocycles. The summed E-state index contributed by atoms with van der Waals surface area (Å²) in [5.74, 6) is 1.35. The predicted molar refractivity (Wildman–Crippen MR) is 96.0 cm³/mol. The first kappa shape index (κ1) is 15.1. The Labute approximate surface area is 144 Å². The first-order chi connectivity index (χ1) is 12.3. The summed E-state index contributed by atoms with van der Waals surface area (Å²) in [6.45, 7) is 2.05. The Balaban J connectivity index is 1.86. The van der Waals surface area contributed by atoms with Crippen molar-refractivity contribution in [2.45, 2.75) is 6.92 Å². The molecule has 0 atom stereocenters. The van der Waals surface area contributed by atoms with Gasteiger partial charge in [0.2, 0.25) is 0 Å². The van der Waals surface area contributed by atoms with E-state index in [1.807, 2.05) is 55.5 Å². The van der Waals surface area contributed by atoms with Crippen molar-refractivity contribution >= 4 is 22.6 Å². The van der Waals surface area contributed by atoms with Gasteiger partial charge in [0.05, 0.1) is 7.11 Å². The Hall–Kier alpha value is -3.41. The number of anilines is 2. The van der Waals surface area contributed by atoms with E-state index in [0.717, 1.165) is 11.3 Å². The Kier molecular flexibility index (Phi) is 3.78. The second kappa shape index (κ2) is 6.24. The van der Waals surface area contributed by atoms with Gasteiger partial charge in [-0.05, 0) is 31.2 Å². The van der Waals surface area contributed by atoms with Crippen LogP contribution in [0.4, 0.5) is 11.5 Å².